The van der Waals surface area contributed by atoms with Crippen molar-refractivity contribution in [2.24, 2.45) is 0 Å². The van der Waals surface area contributed by atoms with E-state index in [1.165, 1.54) is 7.11 Å². The van der Waals surface area contributed by atoms with Crippen molar-refractivity contribution in [2.45, 2.75) is 16.6 Å². The first kappa shape index (κ1) is 14.0. The minimum absolute atomic E-state index is 0.161. The summed E-state index contributed by atoms with van der Waals surface area (Å²) in [5.41, 5.74) is -0.137. The number of benzene rings is 1. The Kier molecular flexibility index (Phi) is 3.84. The molecule has 1 aliphatic heterocycles. The van der Waals surface area contributed by atoms with Crippen LogP contribution in [0.2, 0.25) is 0 Å². The van der Waals surface area contributed by atoms with Crippen LogP contribution in [-0.4, -0.2) is 39.7 Å². The molecule has 1 saturated heterocycles. The Hall–Kier alpha value is -0.910. The summed E-state index contributed by atoms with van der Waals surface area (Å²) in [6, 6.07) is 9.40. The number of hydrogen-bond acceptors (Lipinski definition) is 5. The van der Waals surface area contributed by atoms with Crippen LogP contribution < -0.4 is 0 Å². The molecule has 1 atom stereocenters. The van der Waals surface area contributed by atoms with E-state index in [2.05, 4.69) is 0 Å². The highest BCUT2D eigenvalue weighted by Gasteiger charge is 2.60. The summed E-state index contributed by atoms with van der Waals surface area (Å²) in [4.78, 5) is 12.5. The number of methoxy groups -OCH3 is 1. The van der Waals surface area contributed by atoms with Gasteiger partial charge in [0.25, 0.3) is 0 Å². The molecule has 2 aliphatic rings. The fraction of sp³-hybridized carbons (Fsp3) is 0.400. The van der Waals surface area contributed by atoms with E-state index in [-0.39, 0.29) is 10.4 Å². The average molecular weight is 308 g/mol. The van der Waals surface area contributed by atoms with E-state index >= 15 is 0 Å². The van der Waals surface area contributed by atoms with Gasteiger partial charge in [-0.1, -0.05) is 30.3 Å². The molecule has 3 rings (SSSR count). The number of ether oxygens (including phenoxy) is 1. The standard InChI is InChI=1S/C15H16O3S2/c1-18-13-11(10-6-3-2-4-7-10)12(16)15(13,17)14-19-8-5-9-20-14/h2-4,6-7,14,17H,5,8-9H2,1H3. The number of Topliss-reactive ketones (excluding diaryl/α,β-unsaturated/α-hetero) is 1. The Morgan fingerprint density at radius 1 is 1.25 bits per heavy atom. The van der Waals surface area contributed by atoms with Crippen LogP contribution in [0.25, 0.3) is 5.57 Å². The summed E-state index contributed by atoms with van der Waals surface area (Å²) in [5, 5.41) is 10.8. The Morgan fingerprint density at radius 3 is 2.50 bits per heavy atom. The van der Waals surface area contributed by atoms with Crippen LogP contribution in [-0.2, 0) is 9.53 Å². The molecule has 1 unspecified atom stereocenters. The lowest BCUT2D eigenvalue weighted by Crippen LogP contribution is -2.57. The van der Waals surface area contributed by atoms with Gasteiger partial charge in [-0.05, 0) is 23.5 Å². The van der Waals surface area contributed by atoms with Crippen LogP contribution in [0.15, 0.2) is 36.1 Å². The van der Waals surface area contributed by atoms with Gasteiger partial charge in [0, 0.05) is 0 Å². The maximum absolute atomic E-state index is 12.5. The van der Waals surface area contributed by atoms with Crippen molar-refractivity contribution in [3.05, 3.63) is 41.7 Å². The second-order valence-electron chi connectivity index (χ2n) is 4.80. The maximum atomic E-state index is 12.5. The molecule has 0 radical (unpaired) electrons. The lowest BCUT2D eigenvalue weighted by Gasteiger charge is -2.44. The molecule has 3 nitrogen and oxygen atoms in total. The smallest absolute Gasteiger partial charge is 0.208 e. The molecule has 1 aliphatic carbocycles. The van der Waals surface area contributed by atoms with Gasteiger partial charge in [0.05, 0.1) is 17.3 Å². The third-order valence-electron chi connectivity index (χ3n) is 3.58. The summed E-state index contributed by atoms with van der Waals surface area (Å²) in [5.74, 6) is 2.16. The number of thioether (sulfide) groups is 2. The molecule has 1 heterocycles. The third-order valence-corrected chi connectivity index (χ3v) is 6.73. The van der Waals surface area contributed by atoms with Crippen LogP contribution in [0.5, 0.6) is 0 Å². The van der Waals surface area contributed by atoms with E-state index in [1.54, 1.807) is 23.5 Å². The second kappa shape index (κ2) is 5.47. The molecule has 1 fully saturated rings. The van der Waals surface area contributed by atoms with Crippen molar-refractivity contribution in [1.29, 1.82) is 0 Å². The molecule has 5 heteroatoms. The van der Waals surface area contributed by atoms with E-state index in [4.69, 9.17) is 4.74 Å². The zero-order chi connectivity index (χ0) is 14.2. The molecular formula is C15H16O3S2. The molecule has 0 bridgehead atoms. The second-order valence-corrected chi connectivity index (χ2v) is 7.52. The molecule has 20 heavy (non-hydrogen) atoms. The summed E-state index contributed by atoms with van der Waals surface area (Å²) >= 11 is 3.29. The fourth-order valence-electron chi connectivity index (χ4n) is 2.59. The Labute approximate surface area is 126 Å². The van der Waals surface area contributed by atoms with E-state index in [1.807, 2.05) is 30.3 Å². The molecule has 1 aromatic rings. The molecule has 0 amide bonds. The zero-order valence-corrected chi connectivity index (χ0v) is 12.8. The largest absolute Gasteiger partial charge is 0.497 e. The lowest BCUT2D eigenvalue weighted by molar-refractivity contribution is -0.133. The molecule has 1 aromatic carbocycles. The Morgan fingerprint density at radius 2 is 1.90 bits per heavy atom. The number of carbonyl (C=O) groups is 1. The van der Waals surface area contributed by atoms with Crippen molar-refractivity contribution < 1.29 is 14.6 Å². The summed E-state index contributed by atoms with van der Waals surface area (Å²) < 4.78 is 5.21. The number of ketones is 1. The van der Waals surface area contributed by atoms with Crippen molar-refractivity contribution in [1.82, 2.24) is 0 Å². The highest BCUT2D eigenvalue weighted by atomic mass is 32.2. The van der Waals surface area contributed by atoms with Crippen molar-refractivity contribution in [2.75, 3.05) is 18.6 Å². The number of hydrogen-bond donors (Lipinski definition) is 1. The van der Waals surface area contributed by atoms with Gasteiger partial charge in [0.15, 0.2) is 0 Å². The van der Waals surface area contributed by atoms with E-state index in [9.17, 15) is 9.90 Å². The van der Waals surface area contributed by atoms with Crippen molar-refractivity contribution in [3.8, 4) is 0 Å². The van der Waals surface area contributed by atoms with Gasteiger partial charge in [-0.3, -0.25) is 4.79 Å². The van der Waals surface area contributed by atoms with Gasteiger partial charge in [-0.25, -0.2) is 0 Å². The van der Waals surface area contributed by atoms with Gasteiger partial charge in [-0.2, -0.15) is 0 Å². The fourth-order valence-corrected chi connectivity index (χ4v) is 5.70. The number of carbonyl (C=O) groups excluding carboxylic acids is 1. The van der Waals surface area contributed by atoms with Crippen LogP contribution >= 0.6 is 23.5 Å². The van der Waals surface area contributed by atoms with Gasteiger partial charge in [0.2, 0.25) is 11.4 Å². The van der Waals surface area contributed by atoms with Crippen LogP contribution in [0.4, 0.5) is 0 Å². The quantitative estimate of drug-likeness (QED) is 0.930. The molecule has 0 spiro atoms. The van der Waals surface area contributed by atoms with Crippen LogP contribution in [0.1, 0.15) is 12.0 Å². The van der Waals surface area contributed by atoms with E-state index in [0.717, 1.165) is 23.5 Å². The minimum atomic E-state index is -1.46. The maximum Gasteiger partial charge on any atom is 0.208 e. The topological polar surface area (TPSA) is 46.5 Å². The van der Waals surface area contributed by atoms with Crippen LogP contribution in [0, 0.1) is 0 Å². The summed E-state index contributed by atoms with van der Waals surface area (Å²) in [6.07, 6.45) is 1.12. The number of aliphatic hydroxyl groups is 1. The average Bonchev–Trinajstić information content (AvgIpc) is 2.52. The SMILES string of the molecule is COC1=C(c2ccccc2)C(=O)C1(O)C1SCCCS1. The number of rotatable bonds is 3. The van der Waals surface area contributed by atoms with E-state index < -0.39 is 5.60 Å². The molecule has 106 valence electrons. The zero-order valence-electron chi connectivity index (χ0n) is 11.2. The van der Waals surface area contributed by atoms with Gasteiger partial charge >= 0.3 is 0 Å². The lowest BCUT2D eigenvalue weighted by atomic mass is 9.75. The first-order valence-corrected chi connectivity index (χ1v) is 8.64. The first-order chi connectivity index (χ1) is 9.69. The minimum Gasteiger partial charge on any atom is -0.497 e. The van der Waals surface area contributed by atoms with Gasteiger partial charge in [0.1, 0.15) is 5.76 Å². The molecule has 1 N–H and O–H groups in total. The summed E-state index contributed by atoms with van der Waals surface area (Å²) in [7, 11) is 1.52. The summed E-state index contributed by atoms with van der Waals surface area (Å²) in [6.45, 7) is 0. The van der Waals surface area contributed by atoms with E-state index in [0.29, 0.717) is 11.3 Å². The van der Waals surface area contributed by atoms with Gasteiger partial charge < -0.3 is 9.84 Å². The normalized spacial score (nSPS) is 27.4. The molecule has 0 saturated carbocycles. The van der Waals surface area contributed by atoms with Crippen molar-refractivity contribution >= 4 is 34.9 Å². The van der Waals surface area contributed by atoms with Gasteiger partial charge in [-0.15, -0.1) is 23.5 Å². The highest BCUT2D eigenvalue weighted by Crippen LogP contribution is 2.51. The highest BCUT2D eigenvalue weighted by molar-refractivity contribution is 8.17. The molecular weight excluding hydrogens is 292 g/mol. The van der Waals surface area contributed by atoms with Crippen molar-refractivity contribution in [3.63, 3.8) is 0 Å². The predicted octanol–water partition coefficient (Wildman–Crippen LogP) is 2.55. The molecule has 0 aromatic heterocycles. The predicted molar refractivity (Wildman–Crippen MR) is 83.6 cm³/mol. The Bertz CT molecular complexity index is 549. The third kappa shape index (κ3) is 2.00. The monoisotopic (exact) mass is 308 g/mol. The Balaban J connectivity index is 1.99. The van der Waals surface area contributed by atoms with Crippen LogP contribution in [0.3, 0.4) is 0 Å². The first-order valence-electron chi connectivity index (χ1n) is 6.54.